The molecular formula is C23H16N4. The Kier molecular flexibility index (Phi) is 2.71. The summed E-state index contributed by atoms with van der Waals surface area (Å²) in [4.78, 5) is 14.7. The summed E-state index contributed by atoms with van der Waals surface area (Å²) in [6.45, 7) is 2.02. The third-order valence-corrected chi connectivity index (χ3v) is 5.54. The maximum atomic E-state index is 5.05. The fourth-order valence-electron chi connectivity index (χ4n) is 4.09. The minimum Gasteiger partial charge on any atom is -0.331 e. The van der Waals surface area contributed by atoms with Crippen molar-refractivity contribution in [1.29, 1.82) is 0 Å². The molecule has 0 amide bonds. The second-order valence-corrected chi connectivity index (χ2v) is 7.06. The van der Waals surface area contributed by atoms with E-state index in [1.165, 1.54) is 10.8 Å². The smallest absolute Gasteiger partial charge is 0.106 e. The molecule has 6 aromatic rings. The first-order valence-electron chi connectivity index (χ1n) is 9.05. The monoisotopic (exact) mass is 348 g/mol. The van der Waals surface area contributed by atoms with Gasteiger partial charge in [-0.2, -0.15) is 0 Å². The highest BCUT2D eigenvalue weighted by Crippen LogP contribution is 2.34. The van der Waals surface area contributed by atoms with Crippen molar-refractivity contribution in [3.63, 3.8) is 0 Å². The van der Waals surface area contributed by atoms with Gasteiger partial charge in [0.15, 0.2) is 0 Å². The van der Waals surface area contributed by atoms with Gasteiger partial charge in [0, 0.05) is 17.8 Å². The van der Waals surface area contributed by atoms with E-state index < -0.39 is 0 Å². The summed E-state index contributed by atoms with van der Waals surface area (Å²) in [7, 11) is 2.04. The van der Waals surface area contributed by atoms with Crippen molar-refractivity contribution in [2.24, 2.45) is 7.05 Å². The van der Waals surface area contributed by atoms with E-state index in [0.717, 1.165) is 49.7 Å². The van der Waals surface area contributed by atoms with Crippen LogP contribution in [0.3, 0.4) is 0 Å². The van der Waals surface area contributed by atoms with E-state index in [9.17, 15) is 0 Å². The second-order valence-electron chi connectivity index (χ2n) is 7.06. The number of hydrogen-bond acceptors (Lipinski definition) is 3. The first kappa shape index (κ1) is 14.6. The summed E-state index contributed by atoms with van der Waals surface area (Å²) in [5.41, 5.74) is 5.73. The highest BCUT2D eigenvalue weighted by atomic mass is 15.1. The van der Waals surface area contributed by atoms with Crippen molar-refractivity contribution >= 4 is 54.6 Å². The van der Waals surface area contributed by atoms with Gasteiger partial charge in [-0.25, -0.2) is 15.0 Å². The molecule has 0 spiro atoms. The van der Waals surface area contributed by atoms with Gasteiger partial charge in [-0.05, 0) is 29.8 Å². The van der Waals surface area contributed by atoms with Crippen LogP contribution in [0.15, 0.2) is 60.7 Å². The molecule has 4 aromatic carbocycles. The summed E-state index contributed by atoms with van der Waals surface area (Å²) in [6.07, 6.45) is 0. The maximum absolute atomic E-state index is 5.05. The predicted octanol–water partition coefficient (Wildman–Crippen LogP) is 5.28. The molecule has 0 aliphatic heterocycles. The first-order valence-corrected chi connectivity index (χ1v) is 9.05. The van der Waals surface area contributed by atoms with Crippen LogP contribution in [0.1, 0.15) is 5.82 Å². The van der Waals surface area contributed by atoms with Crippen LogP contribution in [0.5, 0.6) is 0 Å². The van der Waals surface area contributed by atoms with Gasteiger partial charge in [-0.15, -0.1) is 0 Å². The highest BCUT2D eigenvalue weighted by molar-refractivity contribution is 6.23. The van der Waals surface area contributed by atoms with Gasteiger partial charge in [0.2, 0.25) is 0 Å². The third-order valence-electron chi connectivity index (χ3n) is 5.54. The molecular weight excluding hydrogens is 332 g/mol. The van der Waals surface area contributed by atoms with E-state index in [-0.39, 0.29) is 0 Å². The molecule has 4 nitrogen and oxygen atoms in total. The normalized spacial score (nSPS) is 12.1. The number of imidazole rings is 1. The predicted molar refractivity (Wildman–Crippen MR) is 111 cm³/mol. The van der Waals surface area contributed by atoms with E-state index in [1.807, 2.05) is 20.0 Å². The van der Waals surface area contributed by atoms with E-state index in [4.69, 9.17) is 9.97 Å². The molecule has 2 heterocycles. The van der Waals surface area contributed by atoms with Crippen molar-refractivity contribution in [2.45, 2.75) is 6.92 Å². The molecule has 2 aromatic heterocycles. The van der Waals surface area contributed by atoms with Crippen LogP contribution in [-0.4, -0.2) is 19.5 Å². The first-order chi connectivity index (χ1) is 13.2. The van der Waals surface area contributed by atoms with Crippen LogP contribution in [0.2, 0.25) is 0 Å². The van der Waals surface area contributed by atoms with Crippen molar-refractivity contribution < 1.29 is 0 Å². The van der Waals surface area contributed by atoms with Gasteiger partial charge in [0.05, 0.1) is 33.1 Å². The van der Waals surface area contributed by atoms with Crippen molar-refractivity contribution in [2.75, 3.05) is 0 Å². The zero-order chi connectivity index (χ0) is 18.1. The SMILES string of the molecule is Cc1nc2cc3nc4c5ccccc5c5ccccc5c4nc3cc2n1C. The molecule has 0 atom stereocenters. The van der Waals surface area contributed by atoms with Gasteiger partial charge < -0.3 is 4.57 Å². The summed E-state index contributed by atoms with van der Waals surface area (Å²) in [5, 5.41) is 4.70. The average Bonchev–Trinajstić information content (AvgIpc) is 2.98. The number of aryl methyl sites for hydroxylation is 2. The molecule has 0 aliphatic rings. The minimum absolute atomic E-state index is 0.883. The van der Waals surface area contributed by atoms with Crippen LogP contribution >= 0.6 is 0 Å². The molecule has 4 heteroatoms. The third kappa shape index (κ3) is 1.90. The van der Waals surface area contributed by atoms with E-state index >= 15 is 0 Å². The van der Waals surface area contributed by atoms with Gasteiger partial charge in [0.25, 0.3) is 0 Å². The van der Waals surface area contributed by atoms with Crippen LogP contribution in [-0.2, 0) is 7.05 Å². The minimum atomic E-state index is 0.883. The summed E-state index contributed by atoms with van der Waals surface area (Å²) in [5.74, 6) is 0.987. The largest absolute Gasteiger partial charge is 0.331 e. The van der Waals surface area contributed by atoms with Crippen LogP contribution in [0.4, 0.5) is 0 Å². The number of benzene rings is 4. The maximum Gasteiger partial charge on any atom is 0.106 e. The van der Waals surface area contributed by atoms with E-state index in [2.05, 4.69) is 64.1 Å². The standard InChI is InChI=1S/C23H16N4/c1-13-24-20-11-18-19(12-21(20)27(13)2)26-23-17-10-6-4-8-15(17)14-7-3-5-9-16(14)22(23)25-18/h3-12H,1-2H3. The zero-order valence-electron chi connectivity index (χ0n) is 15.1. The quantitative estimate of drug-likeness (QED) is 0.277. The Morgan fingerprint density at radius 1 is 0.630 bits per heavy atom. The summed E-state index contributed by atoms with van der Waals surface area (Å²) < 4.78 is 2.10. The fraction of sp³-hybridized carbons (Fsp3) is 0.0870. The molecule has 27 heavy (non-hydrogen) atoms. The van der Waals surface area contributed by atoms with Crippen LogP contribution in [0, 0.1) is 6.92 Å². The Morgan fingerprint density at radius 3 is 1.74 bits per heavy atom. The Hall–Kier alpha value is -3.53. The number of aromatic nitrogens is 4. The molecule has 0 N–H and O–H groups in total. The average molecular weight is 348 g/mol. The van der Waals surface area contributed by atoms with Gasteiger partial charge >= 0.3 is 0 Å². The molecule has 0 unspecified atom stereocenters. The molecule has 128 valence electrons. The van der Waals surface area contributed by atoms with Crippen LogP contribution < -0.4 is 0 Å². The van der Waals surface area contributed by atoms with E-state index in [0.29, 0.717) is 0 Å². The van der Waals surface area contributed by atoms with Gasteiger partial charge in [-0.3, -0.25) is 0 Å². The van der Waals surface area contributed by atoms with Crippen molar-refractivity contribution in [3.8, 4) is 0 Å². The molecule has 0 bridgehead atoms. The lowest BCUT2D eigenvalue weighted by Crippen LogP contribution is -1.93. The topological polar surface area (TPSA) is 43.6 Å². The lowest BCUT2D eigenvalue weighted by molar-refractivity contribution is 0.886. The lowest BCUT2D eigenvalue weighted by Gasteiger charge is -2.10. The fourth-order valence-corrected chi connectivity index (χ4v) is 4.09. The van der Waals surface area contributed by atoms with Crippen molar-refractivity contribution in [3.05, 3.63) is 66.5 Å². The summed E-state index contributed by atoms with van der Waals surface area (Å²) in [6, 6.07) is 21.0. The lowest BCUT2D eigenvalue weighted by atomic mass is 9.99. The Bertz CT molecular complexity index is 1540. The molecule has 0 saturated carbocycles. The molecule has 0 saturated heterocycles. The Balaban J connectivity index is 1.89. The van der Waals surface area contributed by atoms with Crippen LogP contribution in [0.25, 0.3) is 54.6 Å². The van der Waals surface area contributed by atoms with Crippen molar-refractivity contribution in [1.82, 2.24) is 19.5 Å². The molecule has 0 radical (unpaired) electrons. The summed E-state index contributed by atoms with van der Waals surface area (Å²) >= 11 is 0. The van der Waals surface area contributed by atoms with Gasteiger partial charge in [-0.1, -0.05) is 48.5 Å². The second kappa shape index (κ2) is 5.01. The Labute approximate surface area is 155 Å². The zero-order valence-corrected chi connectivity index (χ0v) is 15.1. The molecule has 6 rings (SSSR count). The highest BCUT2D eigenvalue weighted by Gasteiger charge is 2.13. The number of hydrogen-bond donors (Lipinski definition) is 0. The van der Waals surface area contributed by atoms with E-state index in [1.54, 1.807) is 0 Å². The number of rotatable bonds is 0. The molecule has 0 fully saturated rings. The molecule has 0 aliphatic carbocycles. The number of nitrogens with zero attached hydrogens (tertiary/aromatic N) is 4. The van der Waals surface area contributed by atoms with Gasteiger partial charge in [0.1, 0.15) is 5.82 Å². The Morgan fingerprint density at radius 2 is 1.15 bits per heavy atom. The number of fused-ring (bicyclic) bond motifs is 8.